The van der Waals surface area contributed by atoms with Gasteiger partial charge in [-0.25, -0.2) is 13.2 Å². The molecule has 9 nitrogen and oxygen atoms in total. The van der Waals surface area contributed by atoms with Crippen molar-refractivity contribution >= 4 is 12.4 Å². The van der Waals surface area contributed by atoms with Crippen LogP contribution >= 0.6 is 0 Å². The SMILES string of the molecule is COCC(C)(C)c1noc(C2CCCN2C(=O)CC(N)Cc2cc(F)c(F)cc2F)n1.O=CO. The monoisotopic (exact) mass is 486 g/mol. The van der Waals surface area contributed by atoms with Gasteiger partial charge in [-0.3, -0.25) is 9.59 Å². The third-order valence-electron chi connectivity index (χ3n) is 5.42. The Morgan fingerprint density at radius 3 is 2.65 bits per heavy atom. The van der Waals surface area contributed by atoms with E-state index in [1.807, 2.05) is 13.8 Å². The van der Waals surface area contributed by atoms with Gasteiger partial charge in [0.05, 0.1) is 12.0 Å². The summed E-state index contributed by atoms with van der Waals surface area (Å²) in [6.45, 7) is 4.53. The van der Waals surface area contributed by atoms with E-state index in [1.54, 1.807) is 12.0 Å². The van der Waals surface area contributed by atoms with Crippen LogP contribution in [0.3, 0.4) is 0 Å². The maximum Gasteiger partial charge on any atom is 0.290 e. The van der Waals surface area contributed by atoms with Crippen LogP contribution in [0.4, 0.5) is 13.2 Å². The van der Waals surface area contributed by atoms with Crippen LogP contribution in [0, 0.1) is 17.5 Å². The van der Waals surface area contributed by atoms with Gasteiger partial charge >= 0.3 is 0 Å². The first-order valence-electron chi connectivity index (χ1n) is 10.6. The second-order valence-electron chi connectivity index (χ2n) is 8.65. The predicted molar refractivity (Wildman–Crippen MR) is 114 cm³/mol. The Kier molecular flexibility index (Phi) is 9.56. The summed E-state index contributed by atoms with van der Waals surface area (Å²) in [5.41, 5.74) is 5.50. The highest BCUT2D eigenvalue weighted by Gasteiger charge is 2.36. The van der Waals surface area contributed by atoms with Gasteiger partial charge in [0.25, 0.3) is 6.47 Å². The standard InChI is InChI=1S/C21H27F3N4O3.CH2O2/c1-21(2,11-30-3)20-26-19(31-27-20)17-5-4-6-28(17)18(29)9-13(25)7-12-8-15(23)16(24)10-14(12)22;2-1-3/h8,10,13,17H,4-7,9,11,25H2,1-3H3;1H,(H,2,3). The number of benzene rings is 1. The molecular formula is C22H29F3N4O5. The number of carboxylic acid groups (broad SMARTS) is 1. The number of halogens is 3. The number of aromatic nitrogens is 2. The average molecular weight is 486 g/mol. The molecule has 2 heterocycles. The van der Waals surface area contributed by atoms with E-state index >= 15 is 0 Å². The molecule has 188 valence electrons. The first-order chi connectivity index (χ1) is 16.0. The van der Waals surface area contributed by atoms with Crippen molar-refractivity contribution in [1.82, 2.24) is 15.0 Å². The summed E-state index contributed by atoms with van der Waals surface area (Å²) in [6.07, 6.45) is 1.27. The number of hydrogen-bond donors (Lipinski definition) is 2. The maximum absolute atomic E-state index is 13.9. The number of nitrogens with zero attached hydrogens (tertiary/aromatic N) is 3. The molecule has 2 atom stereocenters. The molecule has 3 rings (SSSR count). The second kappa shape index (κ2) is 11.9. The van der Waals surface area contributed by atoms with Gasteiger partial charge in [-0.2, -0.15) is 4.98 Å². The zero-order valence-corrected chi connectivity index (χ0v) is 19.3. The van der Waals surface area contributed by atoms with Crippen LogP contribution in [-0.4, -0.2) is 58.8 Å². The molecular weight excluding hydrogens is 457 g/mol. The number of likely N-dealkylation sites (tertiary alicyclic amines) is 1. The molecule has 12 heteroatoms. The van der Waals surface area contributed by atoms with E-state index in [1.165, 1.54) is 0 Å². The largest absolute Gasteiger partial charge is 0.483 e. The molecule has 1 saturated heterocycles. The molecule has 0 spiro atoms. The van der Waals surface area contributed by atoms with Gasteiger partial charge in [0.1, 0.15) is 11.9 Å². The van der Waals surface area contributed by atoms with Gasteiger partial charge in [-0.05, 0) is 30.9 Å². The van der Waals surface area contributed by atoms with Crippen LogP contribution in [0.5, 0.6) is 0 Å². The quantitative estimate of drug-likeness (QED) is 0.430. The number of carbonyl (C=O) groups is 2. The minimum atomic E-state index is -1.27. The van der Waals surface area contributed by atoms with Crippen molar-refractivity contribution in [3.63, 3.8) is 0 Å². The van der Waals surface area contributed by atoms with Gasteiger partial charge in [-0.1, -0.05) is 19.0 Å². The van der Waals surface area contributed by atoms with E-state index in [-0.39, 0.29) is 36.8 Å². The van der Waals surface area contributed by atoms with Gasteiger partial charge in [0, 0.05) is 32.2 Å². The zero-order valence-electron chi connectivity index (χ0n) is 19.3. The summed E-state index contributed by atoms with van der Waals surface area (Å²) in [4.78, 5) is 27.3. The number of ether oxygens (including phenoxy) is 1. The molecule has 34 heavy (non-hydrogen) atoms. The fourth-order valence-electron chi connectivity index (χ4n) is 3.81. The first-order valence-corrected chi connectivity index (χ1v) is 10.6. The lowest BCUT2D eigenvalue weighted by Crippen LogP contribution is -2.36. The molecule has 2 aromatic rings. The summed E-state index contributed by atoms with van der Waals surface area (Å²) in [6, 6.07) is 0.134. The van der Waals surface area contributed by atoms with E-state index in [0.29, 0.717) is 37.4 Å². The van der Waals surface area contributed by atoms with Gasteiger partial charge in [-0.15, -0.1) is 0 Å². The van der Waals surface area contributed by atoms with Crippen LogP contribution in [0.1, 0.15) is 56.4 Å². The molecule has 1 aromatic heterocycles. The highest BCUT2D eigenvalue weighted by atomic mass is 19.2. The number of nitrogens with two attached hydrogens (primary N) is 1. The van der Waals surface area contributed by atoms with Gasteiger partial charge in [0.15, 0.2) is 17.5 Å². The Labute approximate surface area is 195 Å². The molecule has 0 bridgehead atoms. The number of rotatable bonds is 8. The molecule has 1 fully saturated rings. The molecule has 0 radical (unpaired) electrons. The molecule has 0 aliphatic carbocycles. The lowest BCUT2D eigenvalue weighted by Gasteiger charge is -2.24. The highest BCUT2D eigenvalue weighted by molar-refractivity contribution is 5.77. The summed E-state index contributed by atoms with van der Waals surface area (Å²) < 4.78 is 51.0. The van der Waals surface area contributed by atoms with Crippen molar-refractivity contribution in [2.45, 2.75) is 57.0 Å². The zero-order chi connectivity index (χ0) is 25.5. The fraction of sp³-hybridized carbons (Fsp3) is 0.545. The Morgan fingerprint density at radius 2 is 2.00 bits per heavy atom. The average Bonchev–Trinajstić information content (AvgIpc) is 3.42. The van der Waals surface area contributed by atoms with Crippen molar-refractivity contribution in [2.24, 2.45) is 5.73 Å². The van der Waals surface area contributed by atoms with Crippen molar-refractivity contribution < 1.29 is 37.1 Å². The van der Waals surface area contributed by atoms with E-state index < -0.39 is 28.9 Å². The van der Waals surface area contributed by atoms with Crippen LogP contribution in [0.15, 0.2) is 16.7 Å². The molecule has 0 saturated carbocycles. The third kappa shape index (κ3) is 6.76. The van der Waals surface area contributed by atoms with Crippen LogP contribution in [0.2, 0.25) is 0 Å². The van der Waals surface area contributed by atoms with E-state index in [9.17, 15) is 18.0 Å². The number of carbonyl (C=O) groups excluding carboxylic acids is 1. The number of methoxy groups -OCH3 is 1. The molecule has 1 aliphatic heterocycles. The lowest BCUT2D eigenvalue weighted by molar-refractivity contribution is -0.133. The Morgan fingerprint density at radius 1 is 1.35 bits per heavy atom. The Hall–Kier alpha value is -2.99. The number of amides is 1. The van der Waals surface area contributed by atoms with Crippen LogP contribution < -0.4 is 5.73 Å². The highest BCUT2D eigenvalue weighted by Crippen LogP contribution is 2.33. The topological polar surface area (TPSA) is 132 Å². The summed E-state index contributed by atoms with van der Waals surface area (Å²) in [5, 5.41) is 10.9. The van der Waals surface area contributed by atoms with Gasteiger partial charge in [0.2, 0.25) is 11.8 Å². The molecule has 2 unspecified atom stereocenters. The molecule has 3 N–H and O–H groups in total. The third-order valence-corrected chi connectivity index (χ3v) is 5.42. The minimum absolute atomic E-state index is 0.0703. The summed E-state index contributed by atoms with van der Waals surface area (Å²) in [5.74, 6) is -2.71. The minimum Gasteiger partial charge on any atom is -0.483 e. The Balaban J connectivity index is 0.00000129. The smallest absolute Gasteiger partial charge is 0.290 e. The second-order valence-corrected chi connectivity index (χ2v) is 8.65. The van der Waals surface area contributed by atoms with Crippen LogP contribution in [-0.2, 0) is 26.2 Å². The predicted octanol–water partition coefficient (Wildman–Crippen LogP) is 2.74. The maximum atomic E-state index is 13.9. The Bertz CT molecular complexity index is 985. The van der Waals surface area contributed by atoms with E-state index in [2.05, 4.69) is 10.1 Å². The molecule has 1 aromatic carbocycles. The normalized spacial score (nSPS) is 16.7. The van der Waals surface area contributed by atoms with Crippen molar-refractivity contribution in [3.8, 4) is 0 Å². The molecule has 1 amide bonds. The molecule has 1 aliphatic rings. The van der Waals surface area contributed by atoms with Crippen LogP contribution in [0.25, 0.3) is 0 Å². The van der Waals surface area contributed by atoms with E-state index in [0.717, 1.165) is 12.5 Å². The van der Waals surface area contributed by atoms with E-state index in [4.69, 9.17) is 24.9 Å². The lowest BCUT2D eigenvalue weighted by atomic mass is 9.94. The summed E-state index contributed by atoms with van der Waals surface area (Å²) in [7, 11) is 1.59. The summed E-state index contributed by atoms with van der Waals surface area (Å²) >= 11 is 0. The fourth-order valence-corrected chi connectivity index (χ4v) is 3.81. The van der Waals surface area contributed by atoms with Crippen molar-refractivity contribution in [2.75, 3.05) is 20.3 Å². The van der Waals surface area contributed by atoms with Crippen molar-refractivity contribution in [3.05, 3.63) is 46.9 Å². The van der Waals surface area contributed by atoms with Gasteiger partial charge < -0.3 is 25.0 Å². The number of hydrogen-bond acceptors (Lipinski definition) is 7. The van der Waals surface area contributed by atoms with Crippen molar-refractivity contribution in [1.29, 1.82) is 0 Å². The first kappa shape index (κ1) is 27.3.